The SMILES string of the molecule is Cc1cc2c(C(C)C)c(O)c(O)c(C(=N)c3ccccc3)c2c(O)c1-c1c(C)cc2c(C(C)C)c(O)c(O)c(C(=N)c3ccccc3)c2c1O. The second kappa shape index (κ2) is 12.5. The molecule has 0 aromatic heterocycles. The smallest absolute Gasteiger partial charge is 0.168 e. The first-order chi connectivity index (χ1) is 23.7. The fourth-order valence-electron chi connectivity index (χ4n) is 7.30. The molecule has 6 aromatic rings. The van der Waals surface area contributed by atoms with Crippen LogP contribution in [0.25, 0.3) is 32.7 Å². The van der Waals surface area contributed by atoms with Crippen LogP contribution in [-0.2, 0) is 0 Å². The van der Waals surface area contributed by atoms with Crippen molar-refractivity contribution in [1.82, 2.24) is 0 Å². The number of hydrogen-bond donors (Lipinski definition) is 8. The maximum Gasteiger partial charge on any atom is 0.168 e. The van der Waals surface area contributed by atoms with Crippen LogP contribution in [0, 0.1) is 24.7 Å². The van der Waals surface area contributed by atoms with Crippen LogP contribution in [0.3, 0.4) is 0 Å². The third kappa shape index (κ3) is 5.06. The molecule has 0 atom stereocenters. The Bertz CT molecular complexity index is 2210. The third-order valence-electron chi connectivity index (χ3n) is 9.54. The van der Waals surface area contributed by atoms with Gasteiger partial charge in [-0.15, -0.1) is 0 Å². The summed E-state index contributed by atoms with van der Waals surface area (Å²) in [5.41, 5.74) is 2.81. The zero-order chi connectivity index (χ0) is 36.3. The normalized spacial score (nSPS) is 11.6. The zero-order valence-electron chi connectivity index (χ0n) is 28.8. The van der Waals surface area contributed by atoms with Crippen molar-refractivity contribution < 1.29 is 30.6 Å². The van der Waals surface area contributed by atoms with Crippen LogP contribution in [0.2, 0.25) is 0 Å². The van der Waals surface area contributed by atoms with Gasteiger partial charge in [0.15, 0.2) is 23.0 Å². The number of hydrogen-bond acceptors (Lipinski definition) is 8. The molecule has 0 aliphatic carbocycles. The predicted octanol–water partition coefficient (Wildman–Crippen LogP) is 9.59. The van der Waals surface area contributed by atoms with Crippen LogP contribution >= 0.6 is 0 Å². The van der Waals surface area contributed by atoms with E-state index in [1.54, 1.807) is 86.6 Å². The topological polar surface area (TPSA) is 169 Å². The van der Waals surface area contributed by atoms with E-state index in [-0.39, 0.29) is 79.3 Å². The molecular weight excluding hydrogens is 628 g/mol. The van der Waals surface area contributed by atoms with Crippen LogP contribution in [0.1, 0.15) is 84.0 Å². The number of aromatic hydroxyl groups is 6. The minimum absolute atomic E-state index is 0.0685. The van der Waals surface area contributed by atoms with Gasteiger partial charge in [0.05, 0.1) is 22.6 Å². The Labute approximate surface area is 290 Å². The van der Waals surface area contributed by atoms with Gasteiger partial charge in [-0.2, -0.15) is 0 Å². The zero-order valence-corrected chi connectivity index (χ0v) is 28.8. The van der Waals surface area contributed by atoms with Gasteiger partial charge < -0.3 is 30.6 Å². The largest absolute Gasteiger partial charge is 0.507 e. The van der Waals surface area contributed by atoms with E-state index >= 15 is 0 Å². The summed E-state index contributed by atoms with van der Waals surface area (Å²) in [7, 11) is 0. The summed E-state index contributed by atoms with van der Waals surface area (Å²) in [6.45, 7) is 10.9. The van der Waals surface area contributed by atoms with Crippen LogP contribution in [0.5, 0.6) is 34.5 Å². The van der Waals surface area contributed by atoms with Crippen LogP contribution in [-0.4, -0.2) is 42.1 Å². The molecule has 0 aliphatic heterocycles. The maximum absolute atomic E-state index is 12.4. The quantitative estimate of drug-likeness (QED) is 0.0622. The van der Waals surface area contributed by atoms with Crippen molar-refractivity contribution in [2.75, 3.05) is 0 Å². The molecule has 6 rings (SSSR count). The molecule has 8 nitrogen and oxygen atoms in total. The van der Waals surface area contributed by atoms with Gasteiger partial charge >= 0.3 is 0 Å². The van der Waals surface area contributed by atoms with Gasteiger partial charge in [-0.25, -0.2) is 0 Å². The van der Waals surface area contributed by atoms with E-state index in [9.17, 15) is 30.6 Å². The van der Waals surface area contributed by atoms with Gasteiger partial charge in [-0.3, -0.25) is 10.8 Å². The molecule has 0 aliphatic rings. The average molecular weight is 669 g/mol. The molecule has 8 N–H and O–H groups in total. The molecule has 0 unspecified atom stereocenters. The molecule has 50 heavy (non-hydrogen) atoms. The van der Waals surface area contributed by atoms with E-state index in [1.165, 1.54) is 0 Å². The number of fused-ring (bicyclic) bond motifs is 2. The summed E-state index contributed by atoms with van der Waals surface area (Å²) in [5.74, 6) is -3.03. The van der Waals surface area contributed by atoms with E-state index in [0.29, 0.717) is 44.2 Å². The maximum atomic E-state index is 12.4. The molecule has 0 radical (unpaired) electrons. The molecule has 0 heterocycles. The highest BCUT2D eigenvalue weighted by molar-refractivity contribution is 6.25. The second-order valence-electron chi connectivity index (χ2n) is 13.4. The molecule has 6 aromatic carbocycles. The highest BCUT2D eigenvalue weighted by Gasteiger charge is 2.32. The van der Waals surface area contributed by atoms with Gasteiger partial charge in [0, 0.05) is 44.2 Å². The Hall–Kier alpha value is -6.02. The van der Waals surface area contributed by atoms with Crippen molar-refractivity contribution in [3.05, 3.63) is 117 Å². The monoisotopic (exact) mass is 668 g/mol. The van der Waals surface area contributed by atoms with Crippen LogP contribution in [0.4, 0.5) is 0 Å². The first-order valence-electron chi connectivity index (χ1n) is 16.5. The highest BCUT2D eigenvalue weighted by atomic mass is 16.3. The standard InChI is InChI=1S/C42H40N2O6/c1-19(2)27-25-17-21(5)29(37(45)31(25)33(41(49)39(27)47)35(43)23-13-9-7-10-14-23)30-22(6)18-26-28(20(3)4)40(48)42(50)34(32(26)38(30)46)36(44)24-15-11-8-12-16-24/h7-20,43-50H,1-6H3. The van der Waals surface area contributed by atoms with Gasteiger partial charge in [-0.1, -0.05) is 100 Å². The lowest BCUT2D eigenvalue weighted by Gasteiger charge is -2.25. The lowest BCUT2D eigenvalue weighted by molar-refractivity contribution is 0.398. The Morgan fingerprint density at radius 3 is 1.10 bits per heavy atom. The Morgan fingerprint density at radius 1 is 0.480 bits per heavy atom. The van der Waals surface area contributed by atoms with Crippen molar-refractivity contribution >= 4 is 33.0 Å². The highest BCUT2D eigenvalue weighted by Crippen LogP contribution is 2.55. The summed E-state index contributed by atoms with van der Waals surface area (Å²) in [6.07, 6.45) is 0. The van der Waals surface area contributed by atoms with E-state index in [1.807, 2.05) is 27.7 Å². The Morgan fingerprint density at radius 2 is 0.800 bits per heavy atom. The molecule has 254 valence electrons. The molecule has 0 spiro atoms. The van der Waals surface area contributed by atoms with Crippen molar-refractivity contribution in [3.63, 3.8) is 0 Å². The summed E-state index contributed by atoms with van der Waals surface area (Å²) in [6, 6.07) is 20.9. The van der Waals surface area contributed by atoms with E-state index < -0.39 is 11.5 Å². The van der Waals surface area contributed by atoms with Crippen molar-refractivity contribution in [1.29, 1.82) is 10.8 Å². The van der Waals surface area contributed by atoms with Gasteiger partial charge in [0.2, 0.25) is 0 Å². The number of aryl methyl sites for hydroxylation is 2. The fourth-order valence-corrected chi connectivity index (χ4v) is 7.30. The summed E-state index contributed by atoms with van der Waals surface area (Å²) in [5, 5.41) is 89.7. The number of rotatable bonds is 7. The van der Waals surface area contributed by atoms with Gasteiger partial charge in [0.25, 0.3) is 0 Å². The number of phenolic OH excluding ortho intramolecular Hbond substituents is 6. The molecule has 0 amide bonds. The number of nitrogens with one attached hydrogen (secondary N) is 2. The van der Waals surface area contributed by atoms with E-state index in [2.05, 4.69) is 0 Å². The molecule has 0 saturated carbocycles. The molecule has 8 heteroatoms. The van der Waals surface area contributed by atoms with Crippen molar-refractivity contribution in [3.8, 4) is 45.6 Å². The lowest BCUT2D eigenvalue weighted by atomic mass is 9.81. The summed E-state index contributed by atoms with van der Waals surface area (Å²) in [4.78, 5) is 0. The third-order valence-corrected chi connectivity index (χ3v) is 9.54. The first-order valence-corrected chi connectivity index (χ1v) is 16.5. The summed E-state index contributed by atoms with van der Waals surface area (Å²) < 4.78 is 0. The lowest BCUT2D eigenvalue weighted by Crippen LogP contribution is -2.07. The predicted molar refractivity (Wildman–Crippen MR) is 199 cm³/mol. The second-order valence-corrected chi connectivity index (χ2v) is 13.4. The molecular formula is C42H40N2O6. The first kappa shape index (κ1) is 33.9. The minimum atomic E-state index is -0.542. The molecule has 0 bridgehead atoms. The fraction of sp³-hybridized carbons (Fsp3) is 0.190. The van der Waals surface area contributed by atoms with Crippen LogP contribution in [0.15, 0.2) is 72.8 Å². The van der Waals surface area contributed by atoms with Crippen molar-refractivity contribution in [2.24, 2.45) is 0 Å². The van der Waals surface area contributed by atoms with E-state index in [0.717, 1.165) is 0 Å². The van der Waals surface area contributed by atoms with Crippen LogP contribution < -0.4 is 0 Å². The average Bonchev–Trinajstić information content (AvgIpc) is 3.08. The van der Waals surface area contributed by atoms with Gasteiger partial charge in [0.1, 0.15) is 11.5 Å². The summed E-state index contributed by atoms with van der Waals surface area (Å²) >= 11 is 0. The Kier molecular flexibility index (Phi) is 8.44. The molecule has 0 saturated heterocycles. The van der Waals surface area contributed by atoms with E-state index in [4.69, 9.17) is 10.8 Å². The van der Waals surface area contributed by atoms with Crippen molar-refractivity contribution in [2.45, 2.75) is 53.4 Å². The number of benzene rings is 6. The van der Waals surface area contributed by atoms with Gasteiger partial charge in [-0.05, 0) is 47.6 Å². The Balaban J connectivity index is 1.79. The minimum Gasteiger partial charge on any atom is -0.507 e. The molecule has 0 fully saturated rings. The number of phenols is 6.